The average Bonchev–Trinajstić information content (AvgIpc) is 2.49. The largest absolute Gasteiger partial charge is 0.398 e. The highest BCUT2D eigenvalue weighted by atomic mass is 79.9. The van der Waals surface area contributed by atoms with Gasteiger partial charge in [0.05, 0.1) is 4.47 Å². The predicted molar refractivity (Wildman–Crippen MR) is 83.4 cm³/mol. The van der Waals surface area contributed by atoms with Gasteiger partial charge in [0.2, 0.25) is 0 Å². The number of carbonyl (C=O) groups is 1. The highest BCUT2D eigenvalue weighted by Crippen LogP contribution is 2.25. The predicted octanol–water partition coefficient (Wildman–Crippen LogP) is 3.37. The van der Waals surface area contributed by atoms with Crippen LogP contribution in [0.3, 0.4) is 0 Å². The first-order valence-corrected chi connectivity index (χ1v) is 7.46. The lowest BCUT2D eigenvalue weighted by atomic mass is 9.97. The number of nitrogen functional groups attached to an aromatic ring is 1. The molecule has 0 aliphatic carbocycles. The summed E-state index contributed by atoms with van der Waals surface area (Å²) in [4.78, 5) is 14.2. The first kappa shape index (κ1) is 14.1. The standard InChI is InChI=1S/C16H14BrFN2O/c17-13-5-4-10(8-14(13)18)16(21)20-7-6-12-11(9-20)2-1-3-15(12)19/h1-5,8H,6-7,9,19H2. The first-order valence-electron chi connectivity index (χ1n) is 6.67. The zero-order chi connectivity index (χ0) is 15.0. The second-order valence-electron chi connectivity index (χ2n) is 5.09. The molecule has 108 valence electrons. The maximum atomic E-state index is 13.6. The smallest absolute Gasteiger partial charge is 0.254 e. The molecule has 0 unspecified atom stereocenters. The van der Waals surface area contributed by atoms with Crippen molar-refractivity contribution in [2.45, 2.75) is 13.0 Å². The lowest BCUT2D eigenvalue weighted by Gasteiger charge is -2.29. The van der Waals surface area contributed by atoms with Gasteiger partial charge >= 0.3 is 0 Å². The number of nitrogens with two attached hydrogens (primary N) is 1. The van der Waals surface area contributed by atoms with E-state index in [1.165, 1.54) is 6.07 Å². The van der Waals surface area contributed by atoms with Gasteiger partial charge in [-0.25, -0.2) is 4.39 Å². The number of anilines is 1. The molecule has 0 radical (unpaired) electrons. The summed E-state index contributed by atoms with van der Waals surface area (Å²) in [6.45, 7) is 1.11. The van der Waals surface area contributed by atoms with E-state index in [0.717, 1.165) is 23.2 Å². The Balaban J connectivity index is 1.85. The molecule has 3 rings (SSSR count). The van der Waals surface area contributed by atoms with E-state index in [9.17, 15) is 9.18 Å². The fraction of sp³-hybridized carbons (Fsp3) is 0.188. The Morgan fingerprint density at radius 1 is 1.29 bits per heavy atom. The molecule has 2 N–H and O–H groups in total. The Labute approximate surface area is 130 Å². The first-order chi connectivity index (χ1) is 10.1. The van der Waals surface area contributed by atoms with E-state index in [1.807, 2.05) is 18.2 Å². The number of benzene rings is 2. The molecule has 2 aromatic carbocycles. The second-order valence-corrected chi connectivity index (χ2v) is 5.94. The zero-order valence-corrected chi connectivity index (χ0v) is 12.9. The number of nitrogens with zero attached hydrogens (tertiary/aromatic N) is 1. The van der Waals surface area contributed by atoms with E-state index in [0.29, 0.717) is 23.1 Å². The monoisotopic (exact) mass is 348 g/mol. The van der Waals surface area contributed by atoms with E-state index in [-0.39, 0.29) is 5.91 Å². The molecule has 2 aromatic rings. The van der Waals surface area contributed by atoms with Crippen molar-refractivity contribution in [1.82, 2.24) is 4.90 Å². The van der Waals surface area contributed by atoms with Crippen LogP contribution in [-0.2, 0) is 13.0 Å². The quantitative estimate of drug-likeness (QED) is 0.803. The number of hydrogen-bond donors (Lipinski definition) is 1. The van der Waals surface area contributed by atoms with E-state index in [4.69, 9.17) is 5.73 Å². The van der Waals surface area contributed by atoms with Crippen molar-refractivity contribution in [2.75, 3.05) is 12.3 Å². The molecule has 0 atom stereocenters. The molecule has 3 nitrogen and oxygen atoms in total. The number of halogens is 2. The Morgan fingerprint density at radius 2 is 2.10 bits per heavy atom. The number of rotatable bonds is 1. The number of amides is 1. The van der Waals surface area contributed by atoms with Gasteiger partial charge < -0.3 is 10.6 Å². The van der Waals surface area contributed by atoms with E-state index < -0.39 is 5.82 Å². The highest BCUT2D eigenvalue weighted by molar-refractivity contribution is 9.10. The van der Waals surface area contributed by atoms with Crippen LogP contribution >= 0.6 is 15.9 Å². The number of hydrogen-bond acceptors (Lipinski definition) is 2. The minimum Gasteiger partial charge on any atom is -0.398 e. The molecule has 0 bridgehead atoms. The molecule has 1 aliphatic heterocycles. The zero-order valence-electron chi connectivity index (χ0n) is 11.3. The van der Waals surface area contributed by atoms with Gasteiger partial charge in [-0.3, -0.25) is 4.79 Å². The van der Waals surface area contributed by atoms with Crippen LogP contribution in [0.1, 0.15) is 21.5 Å². The summed E-state index contributed by atoms with van der Waals surface area (Å²) in [7, 11) is 0. The Morgan fingerprint density at radius 3 is 2.86 bits per heavy atom. The van der Waals surface area contributed by atoms with Gasteiger partial charge in [0.25, 0.3) is 5.91 Å². The van der Waals surface area contributed by atoms with E-state index in [1.54, 1.807) is 17.0 Å². The molecular weight excluding hydrogens is 335 g/mol. The average molecular weight is 349 g/mol. The molecule has 0 aromatic heterocycles. The summed E-state index contributed by atoms with van der Waals surface area (Å²) in [5.74, 6) is -0.586. The molecule has 1 heterocycles. The van der Waals surface area contributed by atoms with Crippen LogP contribution in [0.15, 0.2) is 40.9 Å². The third kappa shape index (κ3) is 2.65. The third-order valence-electron chi connectivity index (χ3n) is 3.76. The van der Waals surface area contributed by atoms with Crippen LogP contribution in [-0.4, -0.2) is 17.4 Å². The van der Waals surface area contributed by atoms with Crippen LogP contribution < -0.4 is 5.73 Å². The van der Waals surface area contributed by atoms with Crippen molar-refractivity contribution in [3.05, 3.63) is 63.4 Å². The molecule has 0 saturated heterocycles. The number of fused-ring (bicyclic) bond motifs is 1. The van der Waals surface area contributed by atoms with Gasteiger partial charge in [0.15, 0.2) is 0 Å². The molecular formula is C16H14BrFN2O. The van der Waals surface area contributed by atoms with Gasteiger partial charge in [-0.2, -0.15) is 0 Å². The minimum atomic E-state index is -0.428. The normalized spacial score (nSPS) is 13.9. The van der Waals surface area contributed by atoms with Crippen molar-refractivity contribution in [3.63, 3.8) is 0 Å². The van der Waals surface area contributed by atoms with Gasteiger partial charge in [0, 0.05) is 24.3 Å². The molecule has 0 saturated carbocycles. The Bertz CT molecular complexity index is 717. The summed E-state index contributed by atoms with van der Waals surface area (Å²) in [5, 5.41) is 0. The summed E-state index contributed by atoms with van der Waals surface area (Å²) >= 11 is 3.09. The van der Waals surface area contributed by atoms with Crippen LogP contribution in [0, 0.1) is 5.82 Å². The van der Waals surface area contributed by atoms with Gasteiger partial charge in [-0.1, -0.05) is 12.1 Å². The van der Waals surface area contributed by atoms with Crippen LogP contribution in [0.4, 0.5) is 10.1 Å². The van der Waals surface area contributed by atoms with E-state index in [2.05, 4.69) is 15.9 Å². The lowest BCUT2D eigenvalue weighted by molar-refractivity contribution is 0.0734. The Kier molecular flexibility index (Phi) is 3.68. The molecule has 0 fully saturated rings. The van der Waals surface area contributed by atoms with Crippen molar-refractivity contribution < 1.29 is 9.18 Å². The topological polar surface area (TPSA) is 46.3 Å². The van der Waals surface area contributed by atoms with Crippen molar-refractivity contribution in [1.29, 1.82) is 0 Å². The minimum absolute atomic E-state index is 0.158. The summed E-state index contributed by atoms with van der Waals surface area (Å²) < 4.78 is 13.9. The van der Waals surface area contributed by atoms with Crippen LogP contribution in [0.25, 0.3) is 0 Å². The summed E-state index contributed by atoms with van der Waals surface area (Å²) in [5.41, 5.74) is 9.27. The molecule has 0 spiro atoms. The van der Waals surface area contributed by atoms with E-state index >= 15 is 0 Å². The van der Waals surface area contributed by atoms with Crippen molar-refractivity contribution in [3.8, 4) is 0 Å². The molecule has 21 heavy (non-hydrogen) atoms. The molecule has 5 heteroatoms. The number of carbonyl (C=O) groups excluding carboxylic acids is 1. The lowest BCUT2D eigenvalue weighted by Crippen LogP contribution is -2.36. The highest BCUT2D eigenvalue weighted by Gasteiger charge is 2.23. The van der Waals surface area contributed by atoms with Gasteiger partial charge in [-0.05, 0) is 57.7 Å². The summed E-state index contributed by atoms with van der Waals surface area (Å²) in [6, 6.07) is 10.2. The van der Waals surface area contributed by atoms with Gasteiger partial charge in [0.1, 0.15) is 5.82 Å². The van der Waals surface area contributed by atoms with Gasteiger partial charge in [-0.15, -0.1) is 0 Å². The maximum Gasteiger partial charge on any atom is 0.254 e. The summed E-state index contributed by atoms with van der Waals surface area (Å²) in [6.07, 6.45) is 0.729. The fourth-order valence-corrected chi connectivity index (χ4v) is 2.87. The SMILES string of the molecule is Nc1cccc2c1CCN(C(=O)c1ccc(Br)c(F)c1)C2. The Hall–Kier alpha value is -1.88. The fourth-order valence-electron chi connectivity index (χ4n) is 2.62. The van der Waals surface area contributed by atoms with Crippen LogP contribution in [0.5, 0.6) is 0 Å². The molecule has 1 aliphatic rings. The van der Waals surface area contributed by atoms with Crippen LogP contribution in [0.2, 0.25) is 0 Å². The second kappa shape index (κ2) is 5.48. The van der Waals surface area contributed by atoms with Crippen molar-refractivity contribution >= 4 is 27.5 Å². The third-order valence-corrected chi connectivity index (χ3v) is 4.40. The maximum absolute atomic E-state index is 13.6. The van der Waals surface area contributed by atoms with Crippen molar-refractivity contribution in [2.24, 2.45) is 0 Å². The molecule has 1 amide bonds.